The summed E-state index contributed by atoms with van der Waals surface area (Å²) in [7, 11) is 0. The van der Waals surface area contributed by atoms with E-state index in [4.69, 9.17) is 4.98 Å². The van der Waals surface area contributed by atoms with E-state index in [1.165, 1.54) is 0 Å². The lowest BCUT2D eigenvalue weighted by atomic mass is 9.92. The van der Waals surface area contributed by atoms with Crippen LogP contribution >= 0.6 is 0 Å². The van der Waals surface area contributed by atoms with E-state index in [0.717, 1.165) is 48.1 Å². The SMILES string of the molecule is CCCCCCN(C(=O)Nc1c(C(C)C)cccc1C(C)C)C(CC)c1nc2ccccc2c(=O)n1Cc1ccccc1. The highest BCUT2D eigenvalue weighted by atomic mass is 16.2. The lowest BCUT2D eigenvalue weighted by Gasteiger charge is -2.33. The molecular weight excluding hydrogens is 532 g/mol. The molecule has 1 atom stereocenters. The summed E-state index contributed by atoms with van der Waals surface area (Å²) >= 11 is 0. The zero-order chi connectivity index (χ0) is 30.9. The summed E-state index contributed by atoms with van der Waals surface area (Å²) in [5.41, 5.74) is 4.75. The molecule has 2 amide bonds. The van der Waals surface area contributed by atoms with Crippen LogP contribution in [0.5, 0.6) is 0 Å². The second-order valence-electron chi connectivity index (χ2n) is 12.1. The van der Waals surface area contributed by atoms with Crippen LogP contribution in [0.15, 0.2) is 77.6 Å². The molecule has 0 bridgehead atoms. The second kappa shape index (κ2) is 15.0. The molecule has 1 aromatic heterocycles. The summed E-state index contributed by atoms with van der Waals surface area (Å²) in [6.45, 7) is 13.9. The molecule has 0 aliphatic rings. The number of nitrogens with one attached hydrogen (secondary N) is 1. The van der Waals surface area contributed by atoms with Crippen molar-refractivity contribution in [2.24, 2.45) is 0 Å². The molecule has 43 heavy (non-hydrogen) atoms. The Balaban J connectivity index is 1.83. The van der Waals surface area contributed by atoms with Crippen molar-refractivity contribution in [1.29, 1.82) is 0 Å². The van der Waals surface area contributed by atoms with Crippen LogP contribution in [0.3, 0.4) is 0 Å². The highest BCUT2D eigenvalue weighted by Crippen LogP contribution is 2.34. The van der Waals surface area contributed by atoms with Gasteiger partial charge in [0.2, 0.25) is 0 Å². The third-order valence-corrected chi connectivity index (χ3v) is 8.25. The number of benzene rings is 3. The van der Waals surface area contributed by atoms with E-state index in [9.17, 15) is 9.59 Å². The maximum Gasteiger partial charge on any atom is 0.322 e. The number of fused-ring (bicyclic) bond motifs is 1. The van der Waals surface area contributed by atoms with Crippen LogP contribution in [0.4, 0.5) is 10.5 Å². The summed E-state index contributed by atoms with van der Waals surface area (Å²) in [4.78, 5) is 35.4. The highest BCUT2D eigenvalue weighted by Gasteiger charge is 2.30. The summed E-state index contributed by atoms with van der Waals surface area (Å²) < 4.78 is 1.78. The number of nitrogens with zero attached hydrogens (tertiary/aromatic N) is 3. The van der Waals surface area contributed by atoms with Crippen LogP contribution in [-0.4, -0.2) is 27.0 Å². The average molecular weight is 581 g/mol. The van der Waals surface area contributed by atoms with Gasteiger partial charge in [-0.3, -0.25) is 9.36 Å². The van der Waals surface area contributed by atoms with E-state index in [-0.39, 0.29) is 29.5 Å². The maximum absolute atomic E-state index is 14.4. The molecule has 0 aliphatic carbocycles. The Hall–Kier alpha value is -3.93. The first kappa shape index (κ1) is 32.0. The van der Waals surface area contributed by atoms with Crippen LogP contribution < -0.4 is 10.9 Å². The van der Waals surface area contributed by atoms with Crippen LogP contribution in [-0.2, 0) is 6.54 Å². The van der Waals surface area contributed by atoms with Crippen LogP contribution in [0.2, 0.25) is 0 Å². The third-order valence-electron chi connectivity index (χ3n) is 8.25. The molecule has 0 saturated carbocycles. The predicted octanol–water partition coefficient (Wildman–Crippen LogP) is 9.26. The minimum absolute atomic E-state index is 0.0820. The number of rotatable bonds is 13. The molecule has 0 saturated heterocycles. The van der Waals surface area contributed by atoms with Crippen molar-refractivity contribution in [1.82, 2.24) is 14.5 Å². The molecule has 6 heteroatoms. The lowest BCUT2D eigenvalue weighted by molar-refractivity contribution is 0.178. The zero-order valence-corrected chi connectivity index (χ0v) is 26.8. The Bertz CT molecular complexity index is 1530. The smallest absolute Gasteiger partial charge is 0.314 e. The molecule has 0 aliphatic heterocycles. The topological polar surface area (TPSA) is 67.2 Å². The molecule has 6 nitrogen and oxygen atoms in total. The molecule has 0 spiro atoms. The maximum atomic E-state index is 14.4. The van der Waals surface area contributed by atoms with Crippen molar-refractivity contribution < 1.29 is 4.79 Å². The number of carbonyl (C=O) groups is 1. The number of para-hydroxylation sites is 2. The van der Waals surface area contributed by atoms with Gasteiger partial charge in [-0.15, -0.1) is 0 Å². The largest absolute Gasteiger partial charge is 0.322 e. The first-order valence-electron chi connectivity index (χ1n) is 16.0. The highest BCUT2D eigenvalue weighted by molar-refractivity contribution is 5.92. The molecule has 228 valence electrons. The van der Waals surface area contributed by atoms with Gasteiger partial charge in [0.05, 0.1) is 23.5 Å². The monoisotopic (exact) mass is 580 g/mol. The van der Waals surface area contributed by atoms with Gasteiger partial charge in [-0.05, 0) is 53.5 Å². The van der Waals surface area contributed by atoms with Gasteiger partial charge in [0.25, 0.3) is 5.56 Å². The van der Waals surface area contributed by atoms with E-state index < -0.39 is 0 Å². The quantitative estimate of drug-likeness (QED) is 0.160. The average Bonchev–Trinajstić information content (AvgIpc) is 3.00. The molecule has 1 unspecified atom stereocenters. The predicted molar refractivity (Wildman–Crippen MR) is 179 cm³/mol. The Morgan fingerprint density at radius 2 is 1.49 bits per heavy atom. The number of unbranched alkanes of at least 4 members (excludes halogenated alkanes) is 3. The number of hydrogen-bond donors (Lipinski definition) is 1. The normalized spacial score (nSPS) is 12.2. The third kappa shape index (κ3) is 7.54. The lowest BCUT2D eigenvalue weighted by Crippen LogP contribution is -2.42. The number of urea groups is 1. The molecule has 1 heterocycles. The summed E-state index contributed by atoms with van der Waals surface area (Å²) in [5, 5.41) is 3.95. The van der Waals surface area contributed by atoms with Gasteiger partial charge in [-0.25, -0.2) is 9.78 Å². The minimum atomic E-state index is -0.378. The van der Waals surface area contributed by atoms with Crippen molar-refractivity contribution in [3.63, 3.8) is 0 Å². The fourth-order valence-corrected chi connectivity index (χ4v) is 5.88. The van der Waals surface area contributed by atoms with E-state index in [2.05, 4.69) is 65.1 Å². The van der Waals surface area contributed by atoms with Crippen molar-refractivity contribution in [3.8, 4) is 0 Å². The minimum Gasteiger partial charge on any atom is -0.314 e. The Labute approximate surface area is 257 Å². The van der Waals surface area contributed by atoms with Crippen LogP contribution in [0.25, 0.3) is 10.9 Å². The molecule has 1 N–H and O–H groups in total. The molecule has 0 radical (unpaired) electrons. The standard InChI is InChI=1S/C37H48N4O2/c1-7-9-10-16-24-40(37(43)39-34-29(26(3)4)21-17-22-30(34)27(5)6)33(8-2)35-38-32-23-15-14-20-31(32)36(42)41(35)25-28-18-12-11-13-19-28/h11-15,17-23,26-27,33H,7-10,16,24-25H2,1-6H3,(H,39,43). The summed E-state index contributed by atoms with van der Waals surface area (Å²) in [6.07, 6.45) is 4.79. The van der Waals surface area contributed by atoms with E-state index in [1.807, 2.05) is 59.5 Å². The Morgan fingerprint density at radius 1 is 0.837 bits per heavy atom. The van der Waals surface area contributed by atoms with Gasteiger partial charge < -0.3 is 10.2 Å². The fraction of sp³-hybridized carbons (Fsp3) is 0.432. The zero-order valence-electron chi connectivity index (χ0n) is 26.8. The van der Waals surface area contributed by atoms with E-state index in [1.54, 1.807) is 4.57 Å². The number of aromatic nitrogens is 2. The van der Waals surface area contributed by atoms with Crippen molar-refractivity contribution in [2.45, 2.75) is 98.1 Å². The second-order valence-corrected chi connectivity index (χ2v) is 12.1. The van der Waals surface area contributed by atoms with Gasteiger partial charge in [0.15, 0.2) is 0 Å². The number of anilines is 1. The number of carbonyl (C=O) groups excluding carboxylic acids is 1. The van der Waals surface area contributed by atoms with Gasteiger partial charge in [0.1, 0.15) is 5.82 Å². The van der Waals surface area contributed by atoms with Crippen LogP contribution in [0, 0.1) is 0 Å². The summed E-state index contributed by atoms with van der Waals surface area (Å²) in [6, 6.07) is 23.3. The van der Waals surface area contributed by atoms with Gasteiger partial charge >= 0.3 is 6.03 Å². The van der Waals surface area contributed by atoms with Crippen LogP contribution in [0.1, 0.15) is 114 Å². The number of hydrogen-bond acceptors (Lipinski definition) is 3. The Morgan fingerprint density at radius 3 is 2.12 bits per heavy atom. The van der Waals surface area contributed by atoms with Crippen molar-refractivity contribution in [3.05, 3.63) is 106 Å². The molecule has 4 aromatic rings. The first-order valence-corrected chi connectivity index (χ1v) is 16.0. The van der Waals surface area contributed by atoms with E-state index >= 15 is 0 Å². The van der Waals surface area contributed by atoms with Gasteiger partial charge in [0, 0.05) is 12.2 Å². The Kier molecular flexibility index (Phi) is 11.2. The summed E-state index contributed by atoms with van der Waals surface area (Å²) in [5.74, 6) is 1.14. The van der Waals surface area contributed by atoms with Crippen molar-refractivity contribution in [2.75, 3.05) is 11.9 Å². The van der Waals surface area contributed by atoms with E-state index in [0.29, 0.717) is 36.2 Å². The number of amides is 2. The molecule has 0 fully saturated rings. The molecule has 3 aromatic carbocycles. The first-order chi connectivity index (χ1) is 20.8. The van der Waals surface area contributed by atoms with Crippen molar-refractivity contribution >= 4 is 22.6 Å². The van der Waals surface area contributed by atoms with Gasteiger partial charge in [-0.2, -0.15) is 0 Å². The van der Waals surface area contributed by atoms with Gasteiger partial charge in [-0.1, -0.05) is 121 Å². The molecular formula is C37H48N4O2. The molecule has 4 rings (SSSR count). The fourth-order valence-electron chi connectivity index (χ4n) is 5.88.